The molecule has 3 nitrogen and oxygen atoms in total. The third-order valence-corrected chi connectivity index (χ3v) is 5.25. The lowest BCUT2D eigenvalue weighted by atomic mass is 10.0. The number of rotatable bonds is 3. The predicted molar refractivity (Wildman–Crippen MR) is 109 cm³/mol. The normalized spacial score (nSPS) is 15.2. The second-order valence-corrected chi connectivity index (χ2v) is 6.87. The number of fused-ring (bicyclic) bond motifs is 1. The van der Waals surface area contributed by atoms with Crippen LogP contribution in [0.5, 0.6) is 0 Å². The molecule has 4 rings (SSSR count). The minimum absolute atomic E-state index is 1.02. The van der Waals surface area contributed by atoms with Crippen LogP contribution in [0.1, 0.15) is 11.1 Å². The molecular weight excluding hydrogens is 318 g/mol. The van der Waals surface area contributed by atoms with E-state index in [4.69, 9.17) is 0 Å². The summed E-state index contributed by atoms with van der Waals surface area (Å²) in [4.78, 5) is 2.57. The number of nitrogens with zero attached hydrogens (tertiary/aromatic N) is 2. The van der Waals surface area contributed by atoms with Crippen molar-refractivity contribution >= 4 is 16.6 Å². The lowest BCUT2D eigenvalue weighted by molar-refractivity contribution is -0.541. The van der Waals surface area contributed by atoms with Crippen LogP contribution in [0.4, 0.5) is 0 Å². The molecule has 3 aromatic carbocycles. The zero-order chi connectivity index (χ0) is 17.8. The van der Waals surface area contributed by atoms with Gasteiger partial charge in [0.2, 0.25) is 0 Å². The monoisotopic (exact) mass is 344 g/mol. The summed E-state index contributed by atoms with van der Waals surface area (Å²) < 4.78 is 2.47. The van der Waals surface area contributed by atoms with Gasteiger partial charge in [0.25, 0.3) is 5.84 Å². The standard InChI is InChI=1S/C23H25N3/c1-24-23(20-9-3-2-4-10-20)26-16-14-25(15-17-26)18-21-12-7-11-19-8-5-6-13-22(19)21/h2-13H,14-18H2,1H3/p+1. The Morgan fingerprint density at radius 1 is 0.885 bits per heavy atom. The van der Waals surface area contributed by atoms with E-state index in [1.54, 1.807) is 0 Å². The molecule has 1 heterocycles. The molecular formula is C23H26N3+. The summed E-state index contributed by atoms with van der Waals surface area (Å²) in [6, 6.07) is 26.0. The van der Waals surface area contributed by atoms with E-state index in [0.717, 1.165) is 32.7 Å². The van der Waals surface area contributed by atoms with Crippen LogP contribution in [-0.2, 0) is 6.54 Å². The van der Waals surface area contributed by atoms with E-state index in [-0.39, 0.29) is 0 Å². The third-order valence-electron chi connectivity index (χ3n) is 5.25. The Labute approximate surface area is 155 Å². The van der Waals surface area contributed by atoms with Gasteiger partial charge >= 0.3 is 0 Å². The molecule has 0 bridgehead atoms. The lowest BCUT2D eigenvalue weighted by Gasteiger charge is -2.28. The van der Waals surface area contributed by atoms with Gasteiger partial charge in [-0.15, -0.1) is 0 Å². The van der Waals surface area contributed by atoms with Gasteiger partial charge in [-0.3, -0.25) is 14.8 Å². The number of nitrogens with one attached hydrogen (secondary N) is 1. The number of hydrogen-bond donors (Lipinski definition) is 1. The fraction of sp³-hybridized carbons (Fsp3) is 0.261. The van der Waals surface area contributed by atoms with Gasteiger partial charge in [-0.05, 0) is 28.5 Å². The first-order chi connectivity index (χ1) is 12.8. The van der Waals surface area contributed by atoms with E-state index in [0.29, 0.717) is 0 Å². The quantitative estimate of drug-likeness (QED) is 0.580. The maximum absolute atomic E-state index is 3.40. The van der Waals surface area contributed by atoms with Crippen molar-refractivity contribution in [3.63, 3.8) is 0 Å². The summed E-state index contributed by atoms with van der Waals surface area (Å²) >= 11 is 0. The maximum atomic E-state index is 3.40. The van der Waals surface area contributed by atoms with Crippen molar-refractivity contribution in [2.24, 2.45) is 0 Å². The Morgan fingerprint density at radius 3 is 2.35 bits per heavy atom. The van der Waals surface area contributed by atoms with Crippen LogP contribution in [0, 0.1) is 0 Å². The Bertz CT molecular complexity index is 900. The summed E-state index contributed by atoms with van der Waals surface area (Å²) in [5.41, 5.74) is 2.69. The second kappa shape index (κ2) is 7.71. The smallest absolute Gasteiger partial charge is 0.276 e. The molecule has 132 valence electrons. The van der Waals surface area contributed by atoms with Crippen LogP contribution < -0.4 is 5.32 Å². The summed E-state index contributed by atoms with van der Waals surface area (Å²) in [6.45, 7) is 5.30. The van der Waals surface area contributed by atoms with Crippen molar-refractivity contribution < 1.29 is 4.58 Å². The molecule has 1 fully saturated rings. The average molecular weight is 344 g/mol. The minimum Gasteiger partial charge on any atom is -0.291 e. The second-order valence-electron chi connectivity index (χ2n) is 6.87. The average Bonchev–Trinajstić information content (AvgIpc) is 2.71. The molecule has 3 heteroatoms. The number of benzene rings is 3. The minimum atomic E-state index is 1.02. The summed E-state index contributed by atoms with van der Waals surface area (Å²) in [7, 11) is 2.02. The van der Waals surface area contributed by atoms with Gasteiger partial charge in [0.15, 0.2) is 0 Å². The third kappa shape index (κ3) is 3.49. The lowest BCUT2D eigenvalue weighted by Crippen LogP contribution is -2.46. The highest BCUT2D eigenvalue weighted by atomic mass is 15.2. The molecule has 3 aromatic rings. The molecule has 0 unspecified atom stereocenters. The highest BCUT2D eigenvalue weighted by molar-refractivity contribution is 5.94. The van der Waals surface area contributed by atoms with Gasteiger partial charge in [0.05, 0.1) is 25.7 Å². The van der Waals surface area contributed by atoms with E-state index in [2.05, 4.69) is 87.6 Å². The fourth-order valence-corrected chi connectivity index (χ4v) is 3.88. The first-order valence-electron chi connectivity index (χ1n) is 9.39. The first-order valence-corrected chi connectivity index (χ1v) is 9.39. The molecule has 0 aliphatic carbocycles. The van der Waals surface area contributed by atoms with Crippen LogP contribution in [0.2, 0.25) is 0 Å². The highest BCUT2D eigenvalue weighted by Crippen LogP contribution is 2.20. The largest absolute Gasteiger partial charge is 0.291 e. The maximum Gasteiger partial charge on any atom is 0.276 e. The number of piperazine rings is 1. The van der Waals surface area contributed by atoms with Crippen molar-refractivity contribution in [1.82, 2.24) is 10.2 Å². The molecule has 1 N–H and O–H groups in total. The fourth-order valence-electron chi connectivity index (χ4n) is 3.88. The topological polar surface area (TPSA) is 18.3 Å². The van der Waals surface area contributed by atoms with Gasteiger partial charge in [-0.2, -0.15) is 0 Å². The Hall–Kier alpha value is -2.65. The molecule has 0 atom stereocenters. The highest BCUT2D eigenvalue weighted by Gasteiger charge is 2.21. The zero-order valence-electron chi connectivity index (χ0n) is 15.4. The molecule has 0 amide bonds. The van der Waals surface area contributed by atoms with Crippen LogP contribution in [0.15, 0.2) is 72.8 Å². The molecule has 0 aromatic heterocycles. The van der Waals surface area contributed by atoms with Crippen LogP contribution in [-0.4, -0.2) is 48.5 Å². The SMILES string of the molecule is CNC(c1ccccc1)=[N+]1CCN(Cc2cccc3ccccc23)CC1. The van der Waals surface area contributed by atoms with Crippen LogP contribution >= 0.6 is 0 Å². The molecule has 1 aliphatic heterocycles. The van der Waals surface area contributed by atoms with Gasteiger partial charge in [0, 0.05) is 19.6 Å². The van der Waals surface area contributed by atoms with Gasteiger partial charge in [0.1, 0.15) is 0 Å². The molecule has 0 saturated carbocycles. The first kappa shape index (κ1) is 16.8. The molecule has 26 heavy (non-hydrogen) atoms. The predicted octanol–water partition coefficient (Wildman–Crippen LogP) is 3.33. The van der Waals surface area contributed by atoms with E-state index >= 15 is 0 Å². The van der Waals surface area contributed by atoms with Gasteiger partial charge in [-0.25, -0.2) is 0 Å². The molecule has 1 saturated heterocycles. The van der Waals surface area contributed by atoms with E-state index in [1.165, 1.54) is 27.7 Å². The van der Waals surface area contributed by atoms with Crippen molar-refractivity contribution in [3.8, 4) is 0 Å². The van der Waals surface area contributed by atoms with Crippen LogP contribution in [0.25, 0.3) is 10.8 Å². The van der Waals surface area contributed by atoms with Crippen LogP contribution in [0.3, 0.4) is 0 Å². The number of amidine groups is 1. The van der Waals surface area contributed by atoms with Crippen molar-refractivity contribution in [1.29, 1.82) is 0 Å². The summed E-state index contributed by atoms with van der Waals surface area (Å²) in [5.74, 6) is 1.23. The van der Waals surface area contributed by atoms with Gasteiger partial charge in [-0.1, -0.05) is 60.7 Å². The zero-order valence-corrected chi connectivity index (χ0v) is 15.4. The number of hydrogen-bond acceptors (Lipinski definition) is 1. The molecule has 1 aliphatic rings. The van der Waals surface area contributed by atoms with Crippen molar-refractivity contribution in [2.75, 3.05) is 33.2 Å². The van der Waals surface area contributed by atoms with E-state index < -0.39 is 0 Å². The Kier molecular flexibility index (Phi) is 4.98. The Balaban J connectivity index is 1.49. The van der Waals surface area contributed by atoms with Gasteiger partial charge < -0.3 is 0 Å². The van der Waals surface area contributed by atoms with E-state index in [9.17, 15) is 0 Å². The summed E-state index contributed by atoms with van der Waals surface area (Å²) in [5, 5.41) is 6.11. The van der Waals surface area contributed by atoms with E-state index in [1.807, 2.05) is 7.05 Å². The molecule has 0 spiro atoms. The van der Waals surface area contributed by atoms with Crippen molar-refractivity contribution in [2.45, 2.75) is 6.54 Å². The Morgan fingerprint density at radius 2 is 1.58 bits per heavy atom. The summed E-state index contributed by atoms with van der Waals surface area (Å²) in [6.07, 6.45) is 0. The molecule has 0 radical (unpaired) electrons. The van der Waals surface area contributed by atoms with Crippen molar-refractivity contribution in [3.05, 3.63) is 83.9 Å².